The summed E-state index contributed by atoms with van der Waals surface area (Å²) in [4.78, 5) is 8.68. The predicted octanol–water partition coefficient (Wildman–Crippen LogP) is 1.65. The number of hydrogen-bond acceptors (Lipinski definition) is 1. The minimum absolute atomic E-state index is 0. The van der Waals surface area contributed by atoms with E-state index in [1.165, 1.54) is 26.1 Å². The SMILES string of the molecule is C1=CC[CH-]C1.C[C-]=O.[Y]. The normalized spacial score (nSPS) is 13.0. The molecule has 1 aliphatic rings. The van der Waals surface area contributed by atoms with Gasteiger partial charge in [-0.05, 0) is 0 Å². The molecule has 0 fully saturated rings. The summed E-state index contributed by atoms with van der Waals surface area (Å²) in [6.07, 6.45) is 10.5. The molecule has 9 heavy (non-hydrogen) atoms. The van der Waals surface area contributed by atoms with E-state index in [0.29, 0.717) is 0 Å². The van der Waals surface area contributed by atoms with Crippen molar-refractivity contribution in [3.05, 3.63) is 18.6 Å². The van der Waals surface area contributed by atoms with Crippen molar-refractivity contribution in [2.75, 3.05) is 0 Å². The van der Waals surface area contributed by atoms with Gasteiger partial charge in [-0.3, -0.25) is 6.29 Å². The summed E-state index contributed by atoms with van der Waals surface area (Å²) in [5.74, 6) is 0. The molecule has 0 saturated heterocycles. The van der Waals surface area contributed by atoms with Gasteiger partial charge in [-0.2, -0.15) is 19.8 Å². The van der Waals surface area contributed by atoms with Gasteiger partial charge in [-0.15, -0.1) is 12.2 Å². The van der Waals surface area contributed by atoms with Crippen LogP contribution >= 0.6 is 0 Å². The third-order valence-electron chi connectivity index (χ3n) is 0.772. The zero-order chi connectivity index (χ0) is 6.24. The molecule has 0 heterocycles. The molecule has 0 aromatic heterocycles. The first-order valence-corrected chi connectivity index (χ1v) is 2.67. The molecule has 0 atom stereocenters. The number of hydrogen-bond donors (Lipinski definition) is 0. The molecule has 49 valence electrons. The third-order valence-corrected chi connectivity index (χ3v) is 0.772. The van der Waals surface area contributed by atoms with Crippen LogP contribution in [-0.4, -0.2) is 6.29 Å². The molecule has 0 N–H and O–H groups in total. The molecule has 0 aliphatic heterocycles. The second-order valence-electron chi connectivity index (χ2n) is 1.44. The van der Waals surface area contributed by atoms with Gasteiger partial charge in [0.25, 0.3) is 0 Å². The molecule has 1 aliphatic carbocycles. The topological polar surface area (TPSA) is 17.1 Å². The molecule has 0 bridgehead atoms. The summed E-state index contributed by atoms with van der Waals surface area (Å²) in [6.45, 7) is 1.32. The van der Waals surface area contributed by atoms with Crippen molar-refractivity contribution in [1.82, 2.24) is 0 Å². The van der Waals surface area contributed by atoms with Crippen molar-refractivity contribution in [3.63, 3.8) is 0 Å². The van der Waals surface area contributed by atoms with E-state index in [0.717, 1.165) is 0 Å². The first-order valence-electron chi connectivity index (χ1n) is 2.67. The Balaban J connectivity index is 0. The van der Waals surface area contributed by atoms with Gasteiger partial charge < -0.3 is 11.2 Å². The fourth-order valence-electron chi connectivity index (χ4n) is 0.481. The first-order chi connectivity index (χ1) is 3.91. The summed E-state index contributed by atoms with van der Waals surface area (Å²) >= 11 is 0. The van der Waals surface area contributed by atoms with Crippen molar-refractivity contribution in [3.8, 4) is 0 Å². The standard InChI is InChI=1S/C5H7.C2H3O.Y/c1-2-4-5-3-1;1-2-3;/h1-2,5H,3-4H2;1H3;/q2*-1;. The van der Waals surface area contributed by atoms with Crippen LogP contribution < -0.4 is 0 Å². The van der Waals surface area contributed by atoms with Crippen LogP contribution in [0.1, 0.15) is 19.8 Å². The monoisotopic (exact) mass is 199 g/mol. The van der Waals surface area contributed by atoms with Crippen LogP contribution in [0.5, 0.6) is 0 Å². The second-order valence-corrected chi connectivity index (χ2v) is 1.44. The maximum atomic E-state index is 8.68. The van der Waals surface area contributed by atoms with E-state index in [-0.39, 0.29) is 32.7 Å². The predicted molar refractivity (Wildman–Crippen MR) is 34.0 cm³/mol. The van der Waals surface area contributed by atoms with Crippen LogP contribution in [0, 0.1) is 6.42 Å². The van der Waals surface area contributed by atoms with E-state index in [1.807, 2.05) is 0 Å². The fourth-order valence-corrected chi connectivity index (χ4v) is 0.481. The minimum Gasteiger partial charge on any atom is -0.542 e. The molecule has 1 radical (unpaired) electrons. The molecule has 0 aromatic carbocycles. The summed E-state index contributed by atoms with van der Waals surface area (Å²) in [7, 11) is 0. The number of rotatable bonds is 0. The van der Waals surface area contributed by atoms with Crippen molar-refractivity contribution in [2.24, 2.45) is 0 Å². The van der Waals surface area contributed by atoms with Crippen LogP contribution in [0.25, 0.3) is 0 Å². The maximum absolute atomic E-state index is 8.68. The Bertz CT molecular complexity index is 73.0. The Labute approximate surface area is 81.8 Å². The number of carbonyl (C=O) groups excluding carboxylic acids is 1. The molecule has 0 saturated carbocycles. The van der Waals surface area contributed by atoms with Crippen molar-refractivity contribution in [1.29, 1.82) is 0 Å². The van der Waals surface area contributed by atoms with Gasteiger partial charge in [-0.25, -0.2) is 0 Å². The Morgan fingerprint density at radius 3 is 1.89 bits per heavy atom. The minimum atomic E-state index is 0. The van der Waals surface area contributed by atoms with E-state index in [1.54, 1.807) is 0 Å². The average molecular weight is 199 g/mol. The van der Waals surface area contributed by atoms with E-state index >= 15 is 0 Å². The Kier molecular flexibility index (Phi) is 15.4. The Hall–Kier alpha value is 0.514. The van der Waals surface area contributed by atoms with E-state index in [2.05, 4.69) is 18.6 Å². The van der Waals surface area contributed by atoms with E-state index in [9.17, 15) is 0 Å². The average Bonchev–Trinajstić information content (AvgIpc) is 2.17. The van der Waals surface area contributed by atoms with Gasteiger partial charge in [0.05, 0.1) is 0 Å². The molecule has 0 spiro atoms. The van der Waals surface area contributed by atoms with Gasteiger partial charge >= 0.3 is 0 Å². The molecular formula is C7H10OY-2. The summed E-state index contributed by atoms with van der Waals surface area (Å²) < 4.78 is 0. The largest absolute Gasteiger partial charge is 0.542 e. The van der Waals surface area contributed by atoms with Gasteiger partial charge in [0.1, 0.15) is 0 Å². The summed E-state index contributed by atoms with van der Waals surface area (Å²) in [6, 6.07) is 0. The molecule has 1 rings (SSSR count). The molecule has 0 aromatic rings. The molecule has 0 amide bonds. The van der Waals surface area contributed by atoms with Gasteiger partial charge in [-0.1, -0.05) is 0 Å². The number of allylic oxidation sites excluding steroid dienone is 2. The Morgan fingerprint density at radius 1 is 1.44 bits per heavy atom. The van der Waals surface area contributed by atoms with E-state index in [4.69, 9.17) is 4.79 Å². The van der Waals surface area contributed by atoms with Crippen LogP contribution in [0.4, 0.5) is 0 Å². The van der Waals surface area contributed by atoms with Crippen LogP contribution in [0.3, 0.4) is 0 Å². The third kappa shape index (κ3) is 11.9. The zero-order valence-corrected chi connectivity index (χ0v) is 8.47. The molecule has 2 heteroatoms. The van der Waals surface area contributed by atoms with Crippen molar-refractivity contribution >= 4 is 6.29 Å². The van der Waals surface area contributed by atoms with E-state index < -0.39 is 0 Å². The molecule has 0 unspecified atom stereocenters. The van der Waals surface area contributed by atoms with Crippen molar-refractivity contribution in [2.45, 2.75) is 19.8 Å². The van der Waals surface area contributed by atoms with Crippen LogP contribution in [0.2, 0.25) is 0 Å². The smallest absolute Gasteiger partial charge is 0 e. The van der Waals surface area contributed by atoms with Crippen LogP contribution in [0.15, 0.2) is 12.2 Å². The van der Waals surface area contributed by atoms with Gasteiger partial charge in [0.2, 0.25) is 0 Å². The Morgan fingerprint density at radius 2 is 1.78 bits per heavy atom. The maximum Gasteiger partial charge on any atom is 0 e. The summed E-state index contributed by atoms with van der Waals surface area (Å²) in [5.41, 5.74) is 0. The fraction of sp³-hybridized carbons (Fsp3) is 0.429. The first kappa shape index (κ1) is 12.2. The van der Waals surface area contributed by atoms with Gasteiger partial charge in [0, 0.05) is 32.7 Å². The van der Waals surface area contributed by atoms with Crippen molar-refractivity contribution < 1.29 is 37.5 Å². The van der Waals surface area contributed by atoms with Crippen LogP contribution in [-0.2, 0) is 37.5 Å². The summed E-state index contributed by atoms with van der Waals surface area (Å²) in [5, 5.41) is 0. The second kappa shape index (κ2) is 11.3. The quantitative estimate of drug-likeness (QED) is 0.428. The molecule has 1 nitrogen and oxygen atoms in total. The van der Waals surface area contributed by atoms with Gasteiger partial charge in [0.15, 0.2) is 0 Å². The molecular weight excluding hydrogens is 189 g/mol. The zero-order valence-electron chi connectivity index (χ0n) is 5.63.